The van der Waals surface area contributed by atoms with Gasteiger partial charge in [-0.3, -0.25) is 9.59 Å². The molecule has 2 aromatic carbocycles. The van der Waals surface area contributed by atoms with Crippen LogP contribution in [0.3, 0.4) is 0 Å². The van der Waals surface area contributed by atoms with Crippen LogP contribution >= 0.6 is 15.9 Å². The van der Waals surface area contributed by atoms with Gasteiger partial charge < -0.3 is 15.4 Å². The molecule has 0 heterocycles. The number of amides is 2. The Labute approximate surface area is 155 Å². The minimum atomic E-state index is -0.179. The van der Waals surface area contributed by atoms with E-state index in [1.165, 1.54) is 6.92 Å². The molecule has 6 heteroatoms. The predicted molar refractivity (Wildman–Crippen MR) is 103 cm³/mol. The van der Waals surface area contributed by atoms with Crippen molar-refractivity contribution < 1.29 is 14.3 Å². The van der Waals surface area contributed by atoms with Crippen molar-refractivity contribution in [2.75, 3.05) is 17.2 Å². The first-order valence-corrected chi connectivity index (χ1v) is 8.80. The van der Waals surface area contributed by atoms with Crippen LogP contribution < -0.4 is 15.4 Å². The van der Waals surface area contributed by atoms with Gasteiger partial charge in [0, 0.05) is 13.3 Å². The van der Waals surface area contributed by atoms with Gasteiger partial charge in [-0.25, -0.2) is 0 Å². The fraction of sp³-hybridized carbons (Fsp3) is 0.263. The molecule has 0 saturated heterocycles. The van der Waals surface area contributed by atoms with Gasteiger partial charge in [0.2, 0.25) is 11.8 Å². The van der Waals surface area contributed by atoms with Crippen molar-refractivity contribution in [1.29, 1.82) is 0 Å². The van der Waals surface area contributed by atoms with Gasteiger partial charge in [-0.2, -0.15) is 0 Å². The molecule has 2 rings (SSSR count). The molecule has 0 atom stereocenters. The van der Waals surface area contributed by atoms with Crippen molar-refractivity contribution >= 4 is 39.1 Å². The molecular formula is C19H21BrN2O3. The van der Waals surface area contributed by atoms with Crippen molar-refractivity contribution in [2.45, 2.75) is 26.7 Å². The number of carbonyl (C=O) groups is 2. The fourth-order valence-corrected chi connectivity index (χ4v) is 2.65. The highest BCUT2D eigenvalue weighted by atomic mass is 79.9. The summed E-state index contributed by atoms with van der Waals surface area (Å²) in [6, 6.07) is 13.1. The van der Waals surface area contributed by atoms with E-state index in [2.05, 4.69) is 26.6 Å². The van der Waals surface area contributed by atoms with Crippen LogP contribution in [0, 0.1) is 6.92 Å². The maximum absolute atomic E-state index is 12.2. The third-order valence-corrected chi connectivity index (χ3v) is 4.06. The van der Waals surface area contributed by atoms with Gasteiger partial charge in [0.25, 0.3) is 0 Å². The number of halogens is 1. The van der Waals surface area contributed by atoms with E-state index in [0.717, 1.165) is 15.8 Å². The Morgan fingerprint density at radius 2 is 1.84 bits per heavy atom. The minimum Gasteiger partial charge on any atom is -0.492 e. The Bertz CT molecular complexity index is 762. The average Bonchev–Trinajstić information content (AvgIpc) is 2.55. The topological polar surface area (TPSA) is 67.4 Å². The number of benzene rings is 2. The van der Waals surface area contributed by atoms with Crippen LogP contribution in [0.25, 0.3) is 0 Å². The van der Waals surface area contributed by atoms with Gasteiger partial charge in [0.05, 0.1) is 22.5 Å². The molecule has 0 saturated carbocycles. The summed E-state index contributed by atoms with van der Waals surface area (Å²) >= 11 is 3.42. The molecule has 2 amide bonds. The zero-order chi connectivity index (χ0) is 18.2. The van der Waals surface area contributed by atoms with Gasteiger partial charge in [0.15, 0.2) is 0 Å². The lowest BCUT2D eigenvalue weighted by atomic mass is 10.2. The number of carbonyl (C=O) groups excluding carboxylic acids is 2. The molecule has 2 N–H and O–H groups in total. The van der Waals surface area contributed by atoms with Gasteiger partial charge in [-0.15, -0.1) is 0 Å². The van der Waals surface area contributed by atoms with E-state index in [-0.39, 0.29) is 11.8 Å². The Morgan fingerprint density at radius 3 is 2.56 bits per heavy atom. The molecular weight excluding hydrogens is 384 g/mol. The highest BCUT2D eigenvalue weighted by Gasteiger charge is 2.09. The van der Waals surface area contributed by atoms with Crippen LogP contribution in [-0.4, -0.2) is 18.4 Å². The van der Waals surface area contributed by atoms with E-state index in [4.69, 9.17) is 4.74 Å². The van der Waals surface area contributed by atoms with E-state index in [1.54, 1.807) is 6.07 Å². The quantitative estimate of drug-likeness (QED) is 0.666. The molecule has 0 aliphatic heterocycles. The largest absolute Gasteiger partial charge is 0.492 e. The molecule has 0 aliphatic rings. The van der Waals surface area contributed by atoms with Crippen LogP contribution in [0.15, 0.2) is 46.9 Å². The fourth-order valence-electron chi connectivity index (χ4n) is 2.25. The van der Waals surface area contributed by atoms with Crippen LogP contribution in [0.2, 0.25) is 0 Å². The molecule has 0 spiro atoms. The number of anilines is 2. The zero-order valence-electron chi connectivity index (χ0n) is 14.3. The van der Waals surface area contributed by atoms with Crippen molar-refractivity contribution in [3.8, 4) is 5.75 Å². The molecule has 0 fully saturated rings. The molecule has 0 bridgehead atoms. The lowest BCUT2D eigenvalue weighted by molar-refractivity contribution is -0.116. The van der Waals surface area contributed by atoms with E-state index in [1.807, 2.05) is 43.3 Å². The number of hydrogen-bond donors (Lipinski definition) is 2. The van der Waals surface area contributed by atoms with Crippen LogP contribution in [0.5, 0.6) is 5.75 Å². The second-order valence-electron chi connectivity index (χ2n) is 5.66. The summed E-state index contributed by atoms with van der Waals surface area (Å²) in [5.41, 5.74) is 2.20. The monoisotopic (exact) mass is 404 g/mol. The normalized spacial score (nSPS) is 10.2. The van der Waals surface area contributed by atoms with Crippen molar-refractivity contribution in [3.63, 3.8) is 0 Å². The second kappa shape index (κ2) is 9.22. The summed E-state index contributed by atoms with van der Waals surface area (Å²) in [5, 5.41) is 5.57. The number of aryl methyl sites for hydroxylation is 1. The first kappa shape index (κ1) is 19.0. The first-order valence-electron chi connectivity index (χ1n) is 8.01. The molecule has 0 radical (unpaired) electrons. The summed E-state index contributed by atoms with van der Waals surface area (Å²) in [7, 11) is 0. The number of rotatable bonds is 7. The predicted octanol–water partition coefficient (Wildman–Crippen LogP) is 4.51. The highest BCUT2D eigenvalue weighted by Crippen LogP contribution is 2.25. The van der Waals surface area contributed by atoms with E-state index < -0.39 is 0 Å². The Balaban J connectivity index is 1.85. The van der Waals surface area contributed by atoms with Crippen molar-refractivity contribution in [3.05, 3.63) is 52.5 Å². The van der Waals surface area contributed by atoms with Gasteiger partial charge in [0.1, 0.15) is 5.75 Å². The SMILES string of the molecule is CC(=O)Nc1ccc(C)cc1NC(=O)CCCOc1ccccc1Br. The van der Waals surface area contributed by atoms with Crippen LogP contribution in [0.1, 0.15) is 25.3 Å². The van der Waals surface area contributed by atoms with Gasteiger partial charge >= 0.3 is 0 Å². The summed E-state index contributed by atoms with van der Waals surface area (Å²) in [6.07, 6.45) is 0.923. The second-order valence-corrected chi connectivity index (χ2v) is 6.52. The van der Waals surface area contributed by atoms with Crippen molar-refractivity contribution in [2.24, 2.45) is 0 Å². The third-order valence-electron chi connectivity index (χ3n) is 3.40. The smallest absolute Gasteiger partial charge is 0.224 e. The molecule has 5 nitrogen and oxygen atoms in total. The van der Waals surface area contributed by atoms with E-state index in [0.29, 0.717) is 30.8 Å². The average molecular weight is 405 g/mol. The molecule has 2 aromatic rings. The van der Waals surface area contributed by atoms with Crippen LogP contribution in [-0.2, 0) is 9.59 Å². The maximum atomic E-state index is 12.2. The Hall–Kier alpha value is -2.34. The minimum absolute atomic E-state index is 0.118. The van der Waals surface area contributed by atoms with Crippen molar-refractivity contribution in [1.82, 2.24) is 0 Å². The maximum Gasteiger partial charge on any atom is 0.224 e. The third kappa shape index (κ3) is 6.23. The highest BCUT2D eigenvalue weighted by molar-refractivity contribution is 9.10. The Morgan fingerprint density at radius 1 is 1.08 bits per heavy atom. The molecule has 0 aromatic heterocycles. The van der Waals surface area contributed by atoms with Gasteiger partial charge in [-0.05, 0) is 59.1 Å². The number of hydrogen-bond acceptors (Lipinski definition) is 3. The summed E-state index contributed by atoms with van der Waals surface area (Å²) < 4.78 is 6.54. The summed E-state index contributed by atoms with van der Waals surface area (Å²) in [4.78, 5) is 23.4. The number of para-hydroxylation sites is 1. The molecule has 25 heavy (non-hydrogen) atoms. The number of ether oxygens (including phenoxy) is 1. The zero-order valence-corrected chi connectivity index (χ0v) is 15.9. The van der Waals surface area contributed by atoms with E-state index >= 15 is 0 Å². The number of nitrogens with one attached hydrogen (secondary N) is 2. The molecule has 132 valence electrons. The Kier molecular flexibility index (Phi) is 7.01. The lowest BCUT2D eigenvalue weighted by Gasteiger charge is -2.13. The summed E-state index contributed by atoms with van der Waals surface area (Å²) in [5.74, 6) is 0.462. The van der Waals surface area contributed by atoms with Gasteiger partial charge in [-0.1, -0.05) is 18.2 Å². The molecule has 0 aliphatic carbocycles. The van der Waals surface area contributed by atoms with Crippen LogP contribution in [0.4, 0.5) is 11.4 Å². The molecule has 0 unspecified atom stereocenters. The standard InChI is InChI=1S/C19H21BrN2O3/c1-13-9-10-16(21-14(2)23)17(12-13)22-19(24)8-5-11-25-18-7-4-3-6-15(18)20/h3-4,6-7,9-10,12H,5,8,11H2,1-2H3,(H,21,23)(H,22,24). The summed E-state index contributed by atoms with van der Waals surface area (Å²) in [6.45, 7) is 3.81. The first-order chi connectivity index (χ1) is 12.0. The van der Waals surface area contributed by atoms with E-state index in [9.17, 15) is 9.59 Å². The lowest BCUT2D eigenvalue weighted by Crippen LogP contribution is -2.15.